The molecule has 0 fully saturated rings. The number of benzene rings is 1. The van der Waals surface area contributed by atoms with Gasteiger partial charge in [0.25, 0.3) is 5.88 Å². The summed E-state index contributed by atoms with van der Waals surface area (Å²) in [6, 6.07) is 9.40. The molecule has 6 heteroatoms. The summed E-state index contributed by atoms with van der Waals surface area (Å²) in [4.78, 5) is 4.10. The second-order valence-electron chi connectivity index (χ2n) is 4.64. The molecule has 0 radical (unpaired) electrons. The molecule has 0 aliphatic heterocycles. The number of nitriles is 1. The number of nitrogens with one attached hydrogen (secondary N) is 1. The fraction of sp³-hybridized carbons (Fsp3) is 0.267. The van der Waals surface area contributed by atoms with E-state index < -0.39 is 0 Å². The summed E-state index contributed by atoms with van der Waals surface area (Å²) in [5.41, 5.74) is 3.80. The molecule has 2 rings (SSSR count). The lowest BCUT2D eigenvalue weighted by Crippen LogP contribution is -1.91. The van der Waals surface area contributed by atoms with Crippen LogP contribution in [0.2, 0.25) is 0 Å². The number of hydrazone groups is 1. The first-order chi connectivity index (χ1) is 10.1. The Hall–Kier alpha value is -2.81. The van der Waals surface area contributed by atoms with Crippen molar-refractivity contribution < 1.29 is 9.15 Å². The highest BCUT2D eigenvalue weighted by atomic mass is 16.5. The molecule has 0 saturated carbocycles. The largest absolute Gasteiger partial charge is 0.497 e. The molecule has 1 heterocycles. The molecule has 0 spiro atoms. The average Bonchev–Trinajstić information content (AvgIpc) is 2.91. The van der Waals surface area contributed by atoms with E-state index in [1.54, 1.807) is 13.3 Å². The molecule has 0 aliphatic carbocycles. The van der Waals surface area contributed by atoms with Crippen LogP contribution in [0.5, 0.6) is 5.75 Å². The number of aromatic nitrogens is 1. The van der Waals surface area contributed by atoms with E-state index in [1.807, 2.05) is 44.2 Å². The Bertz CT molecular complexity index is 666. The predicted octanol–water partition coefficient (Wildman–Crippen LogP) is 3.12. The number of hydrogen-bond donors (Lipinski definition) is 1. The molecule has 6 nitrogen and oxygen atoms in total. The summed E-state index contributed by atoms with van der Waals surface area (Å²) < 4.78 is 10.5. The van der Waals surface area contributed by atoms with Crippen molar-refractivity contribution in [1.29, 1.82) is 5.26 Å². The smallest absolute Gasteiger partial charge is 0.252 e. The maximum atomic E-state index is 9.01. The Kier molecular flexibility index (Phi) is 4.57. The Morgan fingerprint density at radius 2 is 2.10 bits per heavy atom. The second-order valence-corrected chi connectivity index (χ2v) is 4.64. The summed E-state index contributed by atoms with van der Waals surface area (Å²) in [6.07, 6.45) is 1.62. The number of anilines is 1. The lowest BCUT2D eigenvalue weighted by molar-refractivity contribution is 0.415. The first kappa shape index (κ1) is 14.6. The molecule has 1 N–H and O–H groups in total. The van der Waals surface area contributed by atoms with Crippen molar-refractivity contribution in [3.05, 3.63) is 41.4 Å². The van der Waals surface area contributed by atoms with Gasteiger partial charge in [-0.25, -0.2) is 10.4 Å². The minimum Gasteiger partial charge on any atom is -0.497 e. The summed E-state index contributed by atoms with van der Waals surface area (Å²) in [5, 5.41) is 13.1. The van der Waals surface area contributed by atoms with Crippen LogP contribution in [0.4, 0.5) is 5.88 Å². The normalized spacial score (nSPS) is 10.8. The van der Waals surface area contributed by atoms with Crippen molar-refractivity contribution >= 4 is 12.1 Å². The van der Waals surface area contributed by atoms with Gasteiger partial charge in [-0.3, -0.25) is 0 Å². The lowest BCUT2D eigenvalue weighted by atomic mass is 10.2. The van der Waals surface area contributed by atoms with E-state index >= 15 is 0 Å². The maximum absolute atomic E-state index is 9.01. The second kappa shape index (κ2) is 6.57. The zero-order valence-corrected chi connectivity index (χ0v) is 12.1. The molecular weight excluding hydrogens is 268 g/mol. The van der Waals surface area contributed by atoms with Gasteiger partial charge in [0.2, 0.25) is 11.6 Å². The first-order valence-corrected chi connectivity index (χ1v) is 6.48. The molecule has 2 aromatic rings. The monoisotopic (exact) mass is 284 g/mol. The van der Waals surface area contributed by atoms with Crippen LogP contribution in [-0.4, -0.2) is 18.3 Å². The minimum absolute atomic E-state index is 0.109. The summed E-state index contributed by atoms with van der Waals surface area (Å²) in [7, 11) is 1.62. The SMILES string of the molecule is COc1ccc(/C=N/Nc2oc(C(C)C)nc2C#N)cc1. The van der Waals surface area contributed by atoms with Gasteiger partial charge in [0.1, 0.15) is 11.8 Å². The van der Waals surface area contributed by atoms with Gasteiger partial charge in [-0.15, -0.1) is 0 Å². The van der Waals surface area contributed by atoms with Crippen LogP contribution in [0.15, 0.2) is 33.8 Å². The van der Waals surface area contributed by atoms with Gasteiger partial charge in [-0.1, -0.05) is 13.8 Å². The molecule has 1 aromatic heterocycles. The highest BCUT2D eigenvalue weighted by molar-refractivity contribution is 5.80. The van der Waals surface area contributed by atoms with Crippen molar-refractivity contribution in [3.63, 3.8) is 0 Å². The third-order valence-electron chi connectivity index (χ3n) is 2.74. The van der Waals surface area contributed by atoms with Crippen molar-refractivity contribution in [2.24, 2.45) is 5.10 Å². The molecule has 0 amide bonds. The van der Waals surface area contributed by atoms with Crippen molar-refractivity contribution in [1.82, 2.24) is 4.98 Å². The van der Waals surface area contributed by atoms with Gasteiger partial charge in [0.15, 0.2) is 0 Å². The molecule has 21 heavy (non-hydrogen) atoms. The van der Waals surface area contributed by atoms with Crippen LogP contribution in [-0.2, 0) is 0 Å². The third kappa shape index (κ3) is 3.60. The average molecular weight is 284 g/mol. The fourth-order valence-electron chi connectivity index (χ4n) is 1.59. The van der Waals surface area contributed by atoms with Crippen LogP contribution in [0.25, 0.3) is 0 Å². The Labute approximate surface area is 123 Å². The van der Waals surface area contributed by atoms with Gasteiger partial charge in [0.05, 0.1) is 13.3 Å². The zero-order valence-electron chi connectivity index (χ0n) is 12.1. The number of oxazole rings is 1. The summed E-state index contributed by atoms with van der Waals surface area (Å²) >= 11 is 0. The Balaban J connectivity index is 2.08. The standard InChI is InChI=1S/C15H16N4O2/c1-10(2)14-18-13(8-16)15(21-14)19-17-9-11-4-6-12(20-3)7-5-11/h4-7,9-10,19H,1-3H3/b17-9+. The molecule has 0 atom stereocenters. The van der Waals surface area contributed by atoms with Gasteiger partial charge in [-0.05, 0) is 29.8 Å². The Morgan fingerprint density at radius 1 is 1.38 bits per heavy atom. The number of hydrogen-bond acceptors (Lipinski definition) is 6. The number of rotatable bonds is 5. The molecule has 0 saturated heterocycles. The lowest BCUT2D eigenvalue weighted by Gasteiger charge is -1.99. The number of methoxy groups -OCH3 is 1. The molecule has 0 bridgehead atoms. The van der Waals surface area contributed by atoms with Gasteiger partial charge < -0.3 is 9.15 Å². The van der Waals surface area contributed by atoms with Crippen molar-refractivity contribution in [2.75, 3.05) is 12.5 Å². The van der Waals surface area contributed by atoms with Gasteiger partial charge in [-0.2, -0.15) is 10.4 Å². The maximum Gasteiger partial charge on any atom is 0.252 e. The molecule has 1 aromatic carbocycles. The van der Waals surface area contributed by atoms with Crippen LogP contribution in [0.3, 0.4) is 0 Å². The van der Waals surface area contributed by atoms with E-state index in [9.17, 15) is 0 Å². The van der Waals surface area contributed by atoms with Crippen LogP contribution >= 0.6 is 0 Å². The van der Waals surface area contributed by atoms with E-state index in [2.05, 4.69) is 15.5 Å². The highest BCUT2D eigenvalue weighted by Crippen LogP contribution is 2.22. The number of nitrogens with zero attached hydrogens (tertiary/aromatic N) is 3. The van der Waals surface area contributed by atoms with Crippen LogP contribution in [0.1, 0.15) is 36.9 Å². The molecule has 0 aliphatic rings. The topological polar surface area (TPSA) is 83.4 Å². The molecular formula is C15H16N4O2. The summed E-state index contributed by atoms with van der Waals surface area (Å²) in [5.74, 6) is 1.65. The van der Waals surface area contributed by atoms with E-state index in [0.29, 0.717) is 5.89 Å². The van der Waals surface area contributed by atoms with E-state index in [4.69, 9.17) is 14.4 Å². The van der Waals surface area contributed by atoms with E-state index in [-0.39, 0.29) is 17.5 Å². The van der Waals surface area contributed by atoms with E-state index in [0.717, 1.165) is 11.3 Å². The Morgan fingerprint density at radius 3 is 2.67 bits per heavy atom. The van der Waals surface area contributed by atoms with Crippen molar-refractivity contribution in [2.45, 2.75) is 19.8 Å². The first-order valence-electron chi connectivity index (χ1n) is 6.48. The van der Waals surface area contributed by atoms with Gasteiger partial charge in [0, 0.05) is 5.92 Å². The van der Waals surface area contributed by atoms with Gasteiger partial charge >= 0.3 is 0 Å². The molecule has 108 valence electrons. The third-order valence-corrected chi connectivity index (χ3v) is 2.74. The highest BCUT2D eigenvalue weighted by Gasteiger charge is 2.14. The number of ether oxygens (including phenoxy) is 1. The predicted molar refractivity (Wildman–Crippen MR) is 79.5 cm³/mol. The molecule has 0 unspecified atom stereocenters. The summed E-state index contributed by atoms with van der Waals surface area (Å²) in [6.45, 7) is 3.88. The van der Waals surface area contributed by atoms with Crippen LogP contribution in [0, 0.1) is 11.3 Å². The quantitative estimate of drug-likeness (QED) is 0.673. The fourth-order valence-corrected chi connectivity index (χ4v) is 1.59. The van der Waals surface area contributed by atoms with Crippen molar-refractivity contribution in [3.8, 4) is 11.8 Å². The van der Waals surface area contributed by atoms with E-state index in [1.165, 1.54) is 0 Å². The zero-order chi connectivity index (χ0) is 15.2. The minimum atomic E-state index is 0.109. The van der Waals surface area contributed by atoms with Crippen LogP contribution < -0.4 is 10.2 Å².